The second kappa shape index (κ2) is 7.21. The number of hydrogen-bond donors (Lipinski definition) is 0. The van der Waals surface area contributed by atoms with Gasteiger partial charge in [-0.25, -0.2) is 4.39 Å². The predicted octanol–water partition coefficient (Wildman–Crippen LogP) is 1.12. The zero-order valence-corrected chi connectivity index (χ0v) is 14.3. The van der Waals surface area contributed by atoms with E-state index in [9.17, 15) is 18.8 Å². The minimum atomic E-state index is -0.440. The maximum atomic E-state index is 13.3. The Hall–Kier alpha value is -2.44. The topological polar surface area (TPSA) is 60.9 Å². The third-order valence-electron chi connectivity index (χ3n) is 4.89. The highest BCUT2D eigenvalue weighted by Gasteiger charge is 2.36. The van der Waals surface area contributed by atoms with Crippen molar-refractivity contribution in [2.24, 2.45) is 0 Å². The number of likely N-dealkylation sites (tertiary alicyclic amines) is 1. The summed E-state index contributed by atoms with van der Waals surface area (Å²) in [6, 6.07) is 5.26. The van der Waals surface area contributed by atoms with E-state index in [-0.39, 0.29) is 23.8 Å². The second-order valence-electron chi connectivity index (χ2n) is 6.50. The monoisotopic (exact) mass is 347 g/mol. The molecular weight excluding hydrogens is 325 g/mol. The fourth-order valence-corrected chi connectivity index (χ4v) is 3.55. The van der Waals surface area contributed by atoms with Crippen LogP contribution in [0.2, 0.25) is 0 Å². The molecular formula is C18H22FN3O3. The molecule has 2 fully saturated rings. The lowest BCUT2D eigenvalue weighted by atomic mass is 10.1. The van der Waals surface area contributed by atoms with Gasteiger partial charge in [-0.2, -0.15) is 0 Å². The third kappa shape index (κ3) is 3.65. The lowest BCUT2D eigenvalue weighted by Gasteiger charge is -2.37. The van der Waals surface area contributed by atoms with Crippen LogP contribution in [0.3, 0.4) is 0 Å². The first-order valence-electron chi connectivity index (χ1n) is 8.58. The zero-order valence-electron chi connectivity index (χ0n) is 14.3. The van der Waals surface area contributed by atoms with Gasteiger partial charge >= 0.3 is 0 Å². The maximum absolute atomic E-state index is 13.3. The van der Waals surface area contributed by atoms with Gasteiger partial charge in [-0.05, 0) is 31.0 Å². The Balaban J connectivity index is 1.59. The maximum Gasteiger partial charge on any atom is 0.254 e. The number of benzene rings is 1. The summed E-state index contributed by atoms with van der Waals surface area (Å²) in [5.41, 5.74) is 0.318. The average molecular weight is 347 g/mol. The van der Waals surface area contributed by atoms with Crippen LogP contribution in [0.1, 0.15) is 30.1 Å². The number of halogens is 1. The van der Waals surface area contributed by atoms with Gasteiger partial charge in [0.25, 0.3) is 5.91 Å². The molecule has 3 rings (SSSR count). The van der Waals surface area contributed by atoms with Crippen molar-refractivity contribution in [3.63, 3.8) is 0 Å². The number of carbonyl (C=O) groups excluding carboxylic acids is 3. The van der Waals surface area contributed by atoms with Gasteiger partial charge in [0.1, 0.15) is 11.9 Å². The molecule has 2 aliphatic rings. The molecule has 2 saturated heterocycles. The Kier molecular flexibility index (Phi) is 5.01. The number of amides is 3. The van der Waals surface area contributed by atoms with E-state index in [4.69, 9.17) is 0 Å². The van der Waals surface area contributed by atoms with E-state index in [1.165, 1.54) is 25.1 Å². The van der Waals surface area contributed by atoms with E-state index in [1.54, 1.807) is 20.8 Å². The van der Waals surface area contributed by atoms with Crippen molar-refractivity contribution in [3.8, 4) is 0 Å². The Labute approximate surface area is 146 Å². The number of piperazine rings is 1. The molecule has 6 nitrogen and oxygen atoms in total. The average Bonchev–Trinajstić information content (AvgIpc) is 3.10. The summed E-state index contributed by atoms with van der Waals surface area (Å²) in [6.45, 7) is 3.80. The Bertz CT molecular complexity index is 686. The highest BCUT2D eigenvalue weighted by Crippen LogP contribution is 2.20. The molecule has 1 unspecified atom stereocenters. The summed E-state index contributed by atoms with van der Waals surface area (Å²) in [7, 11) is 0. The van der Waals surface area contributed by atoms with Crippen LogP contribution in [0.5, 0.6) is 0 Å². The summed E-state index contributed by atoms with van der Waals surface area (Å²) >= 11 is 0. The number of nitrogens with zero attached hydrogens (tertiary/aromatic N) is 3. The fourth-order valence-electron chi connectivity index (χ4n) is 3.55. The molecule has 1 atom stereocenters. The molecule has 25 heavy (non-hydrogen) atoms. The lowest BCUT2D eigenvalue weighted by molar-refractivity contribution is -0.143. The van der Waals surface area contributed by atoms with Crippen LogP contribution in [0, 0.1) is 5.82 Å². The van der Waals surface area contributed by atoms with Gasteiger partial charge in [-0.1, -0.05) is 6.07 Å². The van der Waals surface area contributed by atoms with Crippen LogP contribution in [0.15, 0.2) is 24.3 Å². The molecule has 2 heterocycles. The van der Waals surface area contributed by atoms with Gasteiger partial charge in [-0.3, -0.25) is 14.4 Å². The van der Waals surface area contributed by atoms with Gasteiger partial charge in [-0.15, -0.1) is 0 Å². The second-order valence-corrected chi connectivity index (χ2v) is 6.50. The molecule has 1 aromatic rings. The molecule has 134 valence electrons. The van der Waals surface area contributed by atoms with Crippen molar-refractivity contribution in [1.82, 2.24) is 14.7 Å². The first-order valence-corrected chi connectivity index (χ1v) is 8.58. The zero-order chi connectivity index (χ0) is 18.0. The van der Waals surface area contributed by atoms with Gasteiger partial charge in [0.15, 0.2) is 0 Å². The van der Waals surface area contributed by atoms with Crippen LogP contribution < -0.4 is 0 Å². The van der Waals surface area contributed by atoms with Gasteiger partial charge in [0.2, 0.25) is 11.8 Å². The predicted molar refractivity (Wildman–Crippen MR) is 89.3 cm³/mol. The molecule has 1 aromatic carbocycles. The summed E-state index contributed by atoms with van der Waals surface area (Å²) in [6.07, 6.45) is 1.54. The molecule has 0 radical (unpaired) electrons. The number of hydrogen-bond acceptors (Lipinski definition) is 3. The first-order chi connectivity index (χ1) is 12.0. The first kappa shape index (κ1) is 17.4. The molecule has 0 bridgehead atoms. The van der Waals surface area contributed by atoms with E-state index in [2.05, 4.69) is 0 Å². The van der Waals surface area contributed by atoms with Crippen molar-refractivity contribution in [1.29, 1.82) is 0 Å². The minimum Gasteiger partial charge on any atom is -0.337 e. The smallest absolute Gasteiger partial charge is 0.254 e. The molecule has 3 amide bonds. The summed E-state index contributed by atoms with van der Waals surface area (Å²) in [5, 5.41) is 0. The van der Waals surface area contributed by atoms with Crippen LogP contribution >= 0.6 is 0 Å². The third-order valence-corrected chi connectivity index (χ3v) is 4.89. The molecule has 0 N–H and O–H groups in total. The highest BCUT2D eigenvalue weighted by atomic mass is 19.1. The highest BCUT2D eigenvalue weighted by molar-refractivity contribution is 5.94. The number of carbonyl (C=O) groups is 3. The van der Waals surface area contributed by atoms with Crippen molar-refractivity contribution < 1.29 is 18.8 Å². The van der Waals surface area contributed by atoms with Crippen molar-refractivity contribution in [2.75, 3.05) is 32.7 Å². The largest absolute Gasteiger partial charge is 0.337 e. The molecule has 7 heteroatoms. The molecule has 2 aliphatic heterocycles. The van der Waals surface area contributed by atoms with E-state index in [0.29, 0.717) is 44.7 Å². The normalized spacial score (nSPS) is 20.7. The SMILES string of the molecule is CC(=O)N1CCCC1C(=O)N1CCN(C(=O)c2cccc(F)c2)CC1. The molecule has 0 saturated carbocycles. The summed E-state index contributed by atoms with van der Waals surface area (Å²) < 4.78 is 13.3. The molecule has 0 spiro atoms. The van der Waals surface area contributed by atoms with E-state index in [1.807, 2.05) is 0 Å². The molecule has 0 aliphatic carbocycles. The van der Waals surface area contributed by atoms with Gasteiger partial charge < -0.3 is 14.7 Å². The van der Waals surface area contributed by atoms with Crippen LogP contribution in [0.25, 0.3) is 0 Å². The van der Waals surface area contributed by atoms with Gasteiger partial charge in [0, 0.05) is 45.2 Å². The standard InChI is InChI=1S/C18H22FN3O3/c1-13(23)22-7-3-6-16(22)18(25)21-10-8-20(9-11-21)17(24)14-4-2-5-15(19)12-14/h2,4-5,12,16H,3,6-11H2,1H3. The fraction of sp³-hybridized carbons (Fsp3) is 0.500. The molecule has 0 aromatic heterocycles. The van der Waals surface area contributed by atoms with Crippen molar-refractivity contribution >= 4 is 17.7 Å². The lowest BCUT2D eigenvalue weighted by Crippen LogP contribution is -2.55. The quantitative estimate of drug-likeness (QED) is 0.806. The van der Waals surface area contributed by atoms with Crippen LogP contribution in [-0.4, -0.2) is 71.2 Å². The summed E-state index contributed by atoms with van der Waals surface area (Å²) in [4.78, 5) is 41.7. The van der Waals surface area contributed by atoms with Crippen LogP contribution in [-0.2, 0) is 9.59 Å². The summed E-state index contributed by atoms with van der Waals surface area (Å²) in [5.74, 6) is -0.774. The Morgan fingerprint density at radius 1 is 1.04 bits per heavy atom. The van der Waals surface area contributed by atoms with E-state index in [0.717, 1.165) is 6.42 Å². The minimum absolute atomic E-state index is 0.0365. The van der Waals surface area contributed by atoms with E-state index >= 15 is 0 Å². The van der Waals surface area contributed by atoms with Crippen molar-refractivity contribution in [3.05, 3.63) is 35.6 Å². The van der Waals surface area contributed by atoms with Crippen LogP contribution in [0.4, 0.5) is 4.39 Å². The Morgan fingerprint density at radius 2 is 1.72 bits per heavy atom. The van der Waals surface area contributed by atoms with Crippen molar-refractivity contribution in [2.45, 2.75) is 25.8 Å². The van der Waals surface area contributed by atoms with E-state index < -0.39 is 5.82 Å². The van der Waals surface area contributed by atoms with Gasteiger partial charge in [0.05, 0.1) is 0 Å². The number of rotatable bonds is 2. The Morgan fingerprint density at radius 3 is 2.36 bits per heavy atom.